The van der Waals surface area contributed by atoms with Crippen molar-refractivity contribution in [1.29, 1.82) is 0 Å². The number of nitrogens with zero attached hydrogens (tertiary/aromatic N) is 4. The zero-order chi connectivity index (χ0) is 19.2. The molecule has 0 spiro atoms. The van der Waals surface area contributed by atoms with Gasteiger partial charge in [-0.15, -0.1) is 0 Å². The van der Waals surface area contributed by atoms with E-state index in [2.05, 4.69) is 20.3 Å². The molecule has 3 rings (SSSR count). The van der Waals surface area contributed by atoms with E-state index >= 15 is 0 Å². The summed E-state index contributed by atoms with van der Waals surface area (Å²) in [6, 6.07) is 11.4. The van der Waals surface area contributed by atoms with E-state index in [0.717, 1.165) is 12.0 Å². The van der Waals surface area contributed by atoms with Crippen LogP contribution in [0, 0.1) is 12.7 Å². The molecule has 1 aromatic carbocycles. The lowest BCUT2D eigenvalue weighted by Gasteiger charge is -2.17. The average molecular weight is 365 g/mol. The fraction of sp³-hybridized carbons (Fsp3) is 0.200. The number of carbonyl (C=O) groups excluding carboxylic acids is 1. The Balaban J connectivity index is 1.70. The summed E-state index contributed by atoms with van der Waals surface area (Å²) in [5.74, 6) is -0.207. The van der Waals surface area contributed by atoms with Crippen molar-refractivity contribution in [3.8, 4) is 0 Å². The largest absolute Gasteiger partial charge is 0.340 e. The molecule has 0 radical (unpaired) electrons. The molecule has 6 nitrogen and oxygen atoms in total. The van der Waals surface area contributed by atoms with Crippen LogP contribution in [0.1, 0.15) is 21.7 Å². The van der Waals surface area contributed by atoms with Crippen LogP contribution in [0.2, 0.25) is 0 Å². The first kappa shape index (κ1) is 18.4. The molecule has 7 heteroatoms. The van der Waals surface area contributed by atoms with Crippen LogP contribution >= 0.6 is 0 Å². The quantitative estimate of drug-likeness (QED) is 0.725. The first-order valence-electron chi connectivity index (χ1n) is 8.54. The third-order valence-electron chi connectivity index (χ3n) is 4.01. The van der Waals surface area contributed by atoms with Crippen molar-refractivity contribution >= 4 is 17.5 Å². The van der Waals surface area contributed by atoms with Gasteiger partial charge in [-0.25, -0.2) is 14.4 Å². The summed E-state index contributed by atoms with van der Waals surface area (Å²) in [5.41, 5.74) is 2.73. The predicted molar refractivity (Wildman–Crippen MR) is 101 cm³/mol. The number of aromatic nitrogens is 3. The van der Waals surface area contributed by atoms with E-state index in [0.29, 0.717) is 29.6 Å². The topological polar surface area (TPSA) is 71.0 Å². The molecule has 0 aliphatic carbocycles. The summed E-state index contributed by atoms with van der Waals surface area (Å²) in [6.45, 7) is 2.36. The molecule has 0 atom stereocenters. The van der Waals surface area contributed by atoms with Crippen LogP contribution in [0.4, 0.5) is 16.0 Å². The van der Waals surface area contributed by atoms with Crippen molar-refractivity contribution in [3.63, 3.8) is 0 Å². The van der Waals surface area contributed by atoms with Gasteiger partial charge in [0.1, 0.15) is 11.5 Å². The average Bonchev–Trinajstić information content (AvgIpc) is 2.67. The lowest BCUT2D eigenvalue weighted by molar-refractivity contribution is 0.0790. The second-order valence-corrected chi connectivity index (χ2v) is 6.18. The summed E-state index contributed by atoms with van der Waals surface area (Å²) in [6.07, 6.45) is 4.20. The highest BCUT2D eigenvalue weighted by molar-refractivity contribution is 5.92. The van der Waals surface area contributed by atoms with Crippen LogP contribution in [0.5, 0.6) is 0 Å². The zero-order valence-electron chi connectivity index (χ0n) is 15.2. The monoisotopic (exact) mass is 365 g/mol. The molecule has 0 bridgehead atoms. The van der Waals surface area contributed by atoms with E-state index in [1.54, 1.807) is 49.5 Å². The molecule has 138 valence electrons. The first-order valence-corrected chi connectivity index (χ1v) is 8.54. The summed E-state index contributed by atoms with van der Waals surface area (Å²) in [4.78, 5) is 26.9. The van der Waals surface area contributed by atoms with Gasteiger partial charge in [-0.1, -0.05) is 0 Å². The fourth-order valence-corrected chi connectivity index (χ4v) is 2.54. The molecule has 2 heterocycles. The van der Waals surface area contributed by atoms with Crippen LogP contribution < -0.4 is 5.32 Å². The van der Waals surface area contributed by atoms with Gasteiger partial charge in [0.15, 0.2) is 0 Å². The van der Waals surface area contributed by atoms with Crippen molar-refractivity contribution in [2.24, 2.45) is 0 Å². The van der Waals surface area contributed by atoms with Gasteiger partial charge < -0.3 is 10.2 Å². The van der Waals surface area contributed by atoms with E-state index in [9.17, 15) is 9.18 Å². The number of rotatable bonds is 6. The lowest BCUT2D eigenvalue weighted by atomic mass is 10.2. The number of halogens is 1. The number of amides is 1. The standard InChI is InChI=1S/C20H20FN5O/c1-14-13-18(19(27)26(2)12-9-15-7-10-22-11-8-15)25-20(23-14)24-17-5-3-16(21)4-6-17/h3-8,10-11,13H,9,12H2,1-2H3,(H,23,24,25). The molecular weight excluding hydrogens is 345 g/mol. The molecular formula is C20H20FN5O. The molecule has 0 saturated carbocycles. The van der Waals surface area contributed by atoms with Crippen LogP contribution in [0.3, 0.4) is 0 Å². The van der Waals surface area contributed by atoms with Crippen LogP contribution in [-0.4, -0.2) is 39.4 Å². The number of hydrogen-bond acceptors (Lipinski definition) is 5. The molecule has 3 aromatic rings. The van der Waals surface area contributed by atoms with Crippen molar-refractivity contribution < 1.29 is 9.18 Å². The molecule has 0 unspecified atom stereocenters. The number of hydrogen-bond donors (Lipinski definition) is 1. The molecule has 1 amide bonds. The number of carbonyl (C=O) groups is 1. The lowest BCUT2D eigenvalue weighted by Crippen LogP contribution is -2.30. The first-order chi connectivity index (χ1) is 13.0. The maximum Gasteiger partial charge on any atom is 0.272 e. The highest BCUT2D eigenvalue weighted by atomic mass is 19.1. The maximum absolute atomic E-state index is 13.0. The molecule has 0 aliphatic heterocycles. The summed E-state index contributed by atoms with van der Waals surface area (Å²) < 4.78 is 13.0. The predicted octanol–water partition coefficient (Wildman–Crippen LogP) is 3.38. The van der Waals surface area contributed by atoms with Gasteiger partial charge in [0.2, 0.25) is 5.95 Å². The number of likely N-dealkylation sites (N-methyl/N-ethyl adjacent to an activating group) is 1. The molecule has 0 fully saturated rings. The number of anilines is 2. The number of aryl methyl sites for hydroxylation is 1. The van der Waals surface area contributed by atoms with Crippen molar-refractivity contribution in [2.75, 3.05) is 18.9 Å². The highest BCUT2D eigenvalue weighted by Crippen LogP contribution is 2.15. The van der Waals surface area contributed by atoms with Crippen molar-refractivity contribution in [2.45, 2.75) is 13.3 Å². The van der Waals surface area contributed by atoms with E-state index in [1.807, 2.05) is 12.1 Å². The van der Waals surface area contributed by atoms with Crippen molar-refractivity contribution in [1.82, 2.24) is 19.9 Å². The SMILES string of the molecule is Cc1cc(C(=O)N(C)CCc2ccncc2)nc(Nc2ccc(F)cc2)n1. The Hall–Kier alpha value is -3.35. The molecule has 1 N–H and O–H groups in total. The van der Waals surface area contributed by atoms with Gasteiger partial charge in [-0.05, 0) is 61.4 Å². The van der Waals surface area contributed by atoms with Gasteiger partial charge >= 0.3 is 0 Å². The molecule has 0 saturated heterocycles. The second-order valence-electron chi connectivity index (χ2n) is 6.18. The summed E-state index contributed by atoms with van der Waals surface area (Å²) in [5, 5.41) is 3.00. The molecule has 27 heavy (non-hydrogen) atoms. The Kier molecular flexibility index (Phi) is 5.71. The Labute approximate surface area is 157 Å². The summed E-state index contributed by atoms with van der Waals surface area (Å²) >= 11 is 0. The van der Waals surface area contributed by atoms with Gasteiger partial charge in [0, 0.05) is 37.4 Å². The minimum Gasteiger partial charge on any atom is -0.340 e. The third-order valence-corrected chi connectivity index (χ3v) is 4.01. The number of nitrogens with one attached hydrogen (secondary N) is 1. The minimum absolute atomic E-state index is 0.184. The van der Waals surface area contributed by atoms with E-state index in [4.69, 9.17) is 0 Å². The summed E-state index contributed by atoms with van der Waals surface area (Å²) in [7, 11) is 1.74. The zero-order valence-corrected chi connectivity index (χ0v) is 15.2. The van der Waals surface area contributed by atoms with Gasteiger partial charge in [-0.3, -0.25) is 9.78 Å². The Bertz CT molecular complexity index is 915. The Morgan fingerprint density at radius 2 is 1.81 bits per heavy atom. The van der Waals surface area contributed by atoms with Gasteiger partial charge in [0.05, 0.1) is 0 Å². The van der Waals surface area contributed by atoms with Crippen molar-refractivity contribution in [3.05, 3.63) is 77.6 Å². The third kappa shape index (κ3) is 5.07. The Morgan fingerprint density at radius 1 is 1.11 bits per heavy atom. The van der Waals surface area contributed by atoms with E-state index in [-0.39, 0.29) is 11.7 Å². The smallest absolute Gasteiger partial charge is 0.272 e. The Morgan fingerprint density at radius 3 is 2.52 bits per heavy atom. The normalized spacial score (nSPS) is 10.5. The van der Waals surface area contributed by atoms with Crippen LogP contribution in [0.15, 0.2) is 54.9 Å². The minimum atomic E-state index is -0.322. The van der Waals surface area contributed by atoms with Crippen LogP contribution in [-0.2, 0) is 6.42 Å². The number of benzene rings is 1. The van der Waals surface area contributed by atoms with E-state index in [1.165, 1.54) is 12.1 Å². The van der Waals surface area contributed by atoms with E-state index < -0.39 is 0 Å². The van der Waals surface area contributed by atoms with Crippen LogP contribution in [0.25, 0.3) is 0 Å². The second kappa shape index (κ2) is 8.35. The molecule has 0 aliphatic rings. The fourth-order valence-electron chi connectivity index (χ4n) is 2.54. The van der Waals surface area contributed by atoms with Gasteiger partial charge in [-0.2, -0.15) is 0 Å². The molecule has 2 aromatic heterocycles. The maximum atomic E-state index is 13.0. The highest BCUT2D eigenvalue weighted by Gasteiger charge is 2.15. The van der Waals surface area contributed by atoms with Gasteiger partial charge in [0.25, 0.3) is 5.91 Å². The number of pyridine rings is 1.